The van der Waals surface area contributed by atoms with Crippen molar-refractivity contribution in [2.45, 2.75) is 220 Å². The number of aliphatic hydroxyl groups excluding tert-OH is 2. The summed E-state index contributed by atoms with van der Waals surface area (Å²) in [4.78, 5) is 185. The highest BCUT2D eigenvalue weighted by Crippen LogP contribution is 2.16. The van der Waals surface area contributed by atoms with Crippen molar-refractivity contribution in [1.82, 2.24) is 58.5 Å². The van der Waals surface area contributed by atoms with Crippen LogP contribution in [0, 0.1) is 29.6 Å². The smallest absolute Gasteiger partial charge is 0.326 e. The van der Waals surface area contributed by atoms with E-state index in [1.54, 1.807) is 69.2 Å². The lowest BCUT2D eigenvalue weighted by atomic mass is 9.95. The number of aliphatic hydroxyl groups is 2. The summed E-state index contributed by atoms with van der Waals surface area (Å²) in [7, 11) is 0. The maximum Gasteiger partial charge on any atom is 0.326 e. The number of nitrogens with one attached hydrogen (secondary N) is 11. The molecule has 32 nitrogen and oxygen atoms in total. The molecule has 0 aliphatic carbocycles. The van der Waals surface area contributed by atoms with Crippen LogP contribution < -0.4 is 70.0 Å². The van der Waals surface area contributed by atoms with E-state index in [9.17, 15) is 92.7 Å². The van der Waals surface area contributed by atoms with Gasteiger partial charge in [0.25, 0.3) is 0 Å². The summed E-state index contributed by atoms with van der Waals surface area (Å²) in [5, 5.41) is 75.6. The molecule has 89 heavy (non-hydrogen) atoms. The Kier molecular flexibility index (Phi) is 38.8. The predicted molar refractivity (Wildman–Crippen MR) is 322 cm³/mol. The lowest BCUT2D eigenvalue weighted by molar-refractivity contribution is -0.143. The molecule has 32 heteroatoms. The van der Waals surface area contributed by atoms with Gasteiger partial charge >= 0.3 is 17.9 Å². The van der Waals surface area contributed by atoms with Gasteiger partial charge in [0.05, 0.1) is 19.8 Å². The molecule has 508 valence electrons. The molecule has 0 rings (SSSR count). The Bertz CT molecular complexity index is 2380. The number of carbonyl (C=O) groups excluding carboxylic acids is 11. The van der Waals surface area contributed by atoms with E-state index in [1.807, 2.05) is 0 Å². The molecule has 0 aromatic rings. The van der Waals surface area contributed by atoms with E-state index in [1.165, 1.54) is 6.92 Å². The van der Waals surface area contributed by atoms with Crippen molar-refractivity contribution in [3.05, 3.63) is 0 Å². The minimum Gasteiger partial charge on any atom is -0.481 e. The van der Waals surface area contributed by atoms with Gasteiger partial charge in [-0.05, 0) is 94.4 Å². The molecule has 0 aromatic heterocycles. The highest BCUT2D eigenvalue weighted by molar-refractivity contribution is 5.99. The van der Waals surface area contributed by atoms with E-state index < -0.39 is 201 Å². The maximum absolute atomic E-state index is 14.4. The van der Waals surface area contributed by atoms with E-state index >= 15 is 0 Å². The van der Waals surface area contributed by atoms with Crippen LogP contribution in [-0.4, -0.2) is 201 Å². The SMILES string of the molecule is CC[C@H](C)[C@H](NC(=O)CN)C(=O)N[C@@H](C)C(=O)N[C@@H](CCC(=O)O)C(=O)N[C@@H](CC(C)C)C(=O)N[C@H](C(=O)N[C@@H](CCCCN)C(=O)N[C@@H](CC(C)C)C(=O)N[C@@H](CCC(=O)O)C(=O)N[C@@H](CO)C(=O)N[C@@H](CO)C(=O)N[C@@H](CC(C)C)C(=O)O)[C@@H](C)CC. The van der Waals surface area contributed by atoms with Crippen LogP contribution in [0.4, 0.5) is 0 Å². The van der Waals surface area contributed by atoms with Crippen LogP contribution >= 0.6 is 0 Å². The number of nitrogens with two attached hydrogens (primary N) is 2. The zero-order valence-electron chi connectivity index (χ0n) is 53.2. The number of rotatable bonds is 45. The van der Waals surface area contributed by atoms with Gasteiger partial charge in [-0.1, -0.05) is 82.1 Å². The Hall–Kier alpha value is -7.58. The number of carboxylic acid groups (broad SMARTS) is 3. The normalized spacial score (nSPS) is 15.7. The van der Waals surface area contributed by atoms with Crippen molar-refractivity contribution in [3.8, 4) is 0 Å². The second-order valence-electron chi connectivity index (χ2n) is 23.5. The monoisotopic (exact) mass is 1270 g/mol. The second kappa shape index (κ2) is 42.4. The molecule has 0 spiro atoms. The molecule has 0 fully saturated rings. The number of carboxylic acids is 3. The average Bonchev–Trinajstić information content (AvgIpc) is 1.78. The molecule has 0 heterocycles. The van der Waals surface area contributed by atoms with Crippen LogP contribution in [0.1, 0.15) is 153 Å². The summed E-state index contributed by atoms with van der Waals surface area (Å²) in [6, 6.07) is -16.4. The van der Waals surface area contributed by atoms with Gasteiger partial charge in [0.15, 0.2) is 0 Å². The summed E-state index contributed by atoms with van der Waals surface area (Å²) < 4.78 is 0. The minimum absolute atomic E-state index is 0.00429. The summed E-state index contributed by atoms with van der Waals surface area (Å²) in [5.74, 6) is -16.4. The lowest BCUT2D eigenvalue weighted by Gasteiger charge is -2.30. The average molecular weight is 1270 g/mol. The molecular formula is C57H101N13O19. The predicted octanol–water partition coefficient (Wildman–Crippen LogP) is -3.54. The van der Waals surface area contributed by atoms with Crippen LogP contribution in [0.5, 0.6) is 0 Å². The Labute approximate surface area is 519 Å². The van der Waals surface area contributed by atoms with Gasteiger partial charge in [-0.25, -0.2) is 4.79 Å². The van der Waals surface area contributed by atoms with Crippen molar-refractivity contribution < 1.29 is 92.7 Å². The molecule has 0 unspecified atom stereocenters. The van der Waals surface area contributed by atoms with E-state index in [2.05, 4.69) is 58.5 Å². The molecule has 0 bridgehead atoms. The third-order valence-electron chi connectivity index (χ3n) is 14.3. The summed E-state index contributed by atoms with van der Waals surface area (Å²) in [6.07, 6.45) is -1.20. The quantitative estimate of drug-likeness (QED) is 0.0263. The Balaban J connectivity index is 6.86. The number of hydrogen-bond donors (Lipinski definition) is 18. The fraction of sp³-hybridized carbons (Fsp3) is 0.754. The van der Waals surface area contributed by atoms with Crippen LogP contribution in [0.15, 0.2) is 0 Å². The van der Waals surface area contributed by atoms with Gasteiger partial charge in [0.1, 0.15) is 66.5 Å². The van der Waals surface area contributed by atoms with Gasteiger partial charge in [-0.2, -0.15) is 0 Å². The molecule has 13 atom stereocenters. The zero-order chi connectivity index (χ0) is 68.4. The van der Waals surface area contributed by atoms with E-state index in [-0.39, 0.29) is 68.7 Å². The summed E-state index contributed by atoms with van der Waals surface area (Å²) in [6.45, 7) is 16.0. The number of hydrogen-bond acceptors (Lipinski definition) is 18. The van der Waals surface area contributed by atoms with Gasteiger partial charge in [0.2, 0.25) is 65.0 Å². The fourth-order valence-corrected chi connectivity index (χ4v) is 8.77. The highest BCUT2D eigenvalue weighted by atomic mass is 16.4. The standard InChI is InChI=1S/C57H101N13O19/c1-12-31(9)45(69-42(73)25-59)55(86)60-33(11)47(78)61-35(17-19-43(74)75)49(80)65-38(23-29(5)6)52(83)70-46(32(10)13-2)56(87)63-34(16-14-15-21-58)48(79)64-37(22-28(3)4)51(82)62-36(18-20-44(76)77)50(81)67-41(27-72)54(85)68-40(26-71)53(84)66-39(57(88)89)24-30(7)8/h28-41,45-46,71-72H,12-27,58-59H2,1-11H3,(H,60,86)(H,61,78)(H,62,82)(H,63,87)(H,64,79)(H,65,80)(H,66,84)(H,67,81)(H,68,85)(H,69,73)(H,70,83)(H,74,75)(H,76,77)(H,88,89)/t31-,32-,33-,34-,35-,36-,37-,38-,39-,40-,41-,45-,46-/m0/s1. The first-order valence-electron chi connectivity index (χ1n) is 30.2. The Morgan fingerprint density at radius 3 is 1.04 bits per heavy atom. The number of aliphatic carboxylic acids is 3. The second-order valence-corrected chi connectivity index (χ2v) is 23.5. The maximum atomic E-state index is 14.4. The zero-order valence-corrected chi connectivity index (χ0v) is 53.2. The molecule has 0 aromatic carbocycles. The first-order chi connectivity index (χ1) is 41.6. The number of amides is 11. The van der Waals surface area contributed by atoms with Crippen LogP contribution in [0.2, 0.25) is 0 Å². The van der Waals surface area contributed by atoms with Gasteiger partial charge in [0, 0.05) is 12.8 Å². The van der Waals surface area contributed by atoms with Crippen molar-refractivity contribution in [1.29, 1.82) is 0 Å². The summed E-state index contributed by atoms with van der Waals surface area (Å²) in [5.41, 5.74) is 11.2. The lowest BCUT2D eigenvalue weighted by Crippen LogP contribution is -2.62. The molecule has 20 N–H and O–H groups in total. The van der Waals surface area contributed by atoms with Crippen molar-refractivity contribution in [2.24, 2.45) is 41.1 Å². The van der Waals surface area contributed by atoms with E-state index in [4.69, 9.17) is 11.5 Å². The molecule has 0 saturated heterocycles. The van der Waals surface area contributed by atoms with Gasteiger partial charge in [-0.3, -0.25) is 62.3 Å². The summed E-state index contributed by atoms with van der Waals surface area (Å²) >= 11 is 0. The van der Waals surface area contributed by atoms with E-state index in [0.717, 1.165) is 0 Å². The van der Waals surface area contributed by atoms with Crippen LogP contribution in [-0.2, 0) is 67.1 Å². The third-order valence-corrected chi connectivity index (χ3v) is 14.3. The first-order valence-corrected chi connectivity index (χ1v) is 30.2. The van der Waals surface area contributed by atoms with Crippen LogP contribution in [0.3, 0.4) is 0 Å². The van der Waals surface area contributed by atoms with Gasteiger partial charge in [-0.15, -0.1) is 0 Å². The van der Waals surface area contributed by atoms with Crippen molar-refractivity contribution >= 4 is 82.9 Å². The Morgan fingerprint density at radius 2 is 0.674 bits per heavy atom. The van der Waals surface area contributed by atoms with Crippen molar-refractivity contribution in [2.75, 3.05) is 26.3 Å². The number of unbranched alkanes of at least 4 members (excludes halogenated alkanes) is 1. The molecule has 0 aliphatic heterocycles. The minimum atomic E-state index is -1.87. The molecule has 0 aliphatic rings. The molecular weight excluding hydrogens is 1170 g/mol. The first kappa shape index (κ1) is 81.4. The molecule has 0 radical (unpaired) electrons. The fourth-order valence-electron chi connectivity index (χ4n) is 8.77. The molecule has 11 amide bonds. The Morgan fingerprint density at radius 1 is 0.360 bits per heavy atom. The number of carbonyl (C=O) groups is 14. The van der Waals surface area contributed by atoms with E-state index in [0.29, 0.717) is 12.8 Å². The highest BCUT2D eigenvalue weighted by Gasteiger charge is 2.38. The van der Waals surface area contributed by atoms with Gasteiger partial charge < -0.3 is 95.5 Å². The third kappa shape index (κ3) is 31.4. The van der Waals surface area contributed by atoms with Crippen molar-refractivity contribution in [3.63, 3.8) is 0 Å². The molecule has 0 saturated carbocycles. The van der Waals surface area contributed by atoms with Crippen LogP contribution in [0.25, 0.3) is 0 Å². The topological polar surface area (TPSA) is 524 Å². The largest absolute Gasteiger partial charge is 0.481 e.